The van der Waals surface area contributed by atoms with Gasteiger partial charge in [-0.05, 0) is 36.2 Å². The fraction of sp³-hybridized carbons (Fsp3) is 0.143. The van der Waals surface area contributed by atoms with E-state index in [9.17, 15) is 0 Å². The predicted octanol–water partition coefficient (Wildman–Crippen LogP) is 4.87. The van der Waals surface area contributed by atoms with Crippen LogP contribution in [0.5, 0.6) is 0 Å². The van der Waals surface area contributed by atoms with Crippen molar-refractivity contribution in [2.24, 2.45) is 5.73 Å². The van der Waals surface area contributed by atoms with E-state index in [1.807, 2.05) is 37.3 Å². The molecule has 0 saturated carbocycles. The lowest BCUT2D eigenvalue weighted by atomic mass is 9.86. The molecule has 0 aliphatic carbocycles. The summed E-state index contributed by atoms with van der Waals surface area (Å²) in [4.78, 5) is 0. The van der Waals surface area contributed by atoms with Crippen LogP contribution in [-0.2, 0) is 5.54 Å². The SMILES string of the molecule is CC(N)(c1ccc(Cl)c(Cl)c1)c1ccccc1Cl. The summed E-state index contributed by atoms with van der Waals surface area (Å²) >= 11 is 18.1. The molecule has 18 heavy (non-hydrogen) atoms. The molecular formula is C14H12Cl3N. The highest BCUT2D eigenvalue weighted by molar-refractivity contribution is 6.42. The summed E-state index contributed by atoms with van der Waals surface area (Å²) in [6.45, 7) is 1.90. The molecule has 0 aliphatic heterocycles. The van der Waals surface area contributed by atoms with E-state index in [1.54, 1.807) is 12.1 Å². The van der Waals surface area contributed by atoms with Crippen molar-refractivity contribution >= 4 is 34.8 Å². The number of benzene rings is 2. The first-order chi connectivity index (χ1) is 8.43. The third kappa shape index (κ3) is 2.50. The van der Waals surface area contributed by atoms with Gasteiger partial charge in [-0.2, -0.15) is 0 Å². The summed E-state index contributed by atoms with van der Waals surface area (Å²) in [6.07, 6.45) is 0. The van der Waals surface area contributed by atoms with Gasteiger partial charge in [0.2, 0.25) is 0 Å². The van der Waals surface area contributed by atoms with Gasteiger partial charge in [0.1, 0.15) is 0 Å². The maximum absolute atomic E-state index is 6.39. The predicted molar refractivity (Wildman–Crippen MR) is 78.6 cm³/mol. The Hall–Kier alpha value is -0.730. The number of hydrogen-bond donors (Lipinski definition) is 1. The minimum Gasteiger partial charge on any atom is -0.318 e. The molecule has 0 radical (unpaired) electrons. The van der Waals surface area contributed by atoms with Crippen molar-refractivity contribution in [1.82, 2.24) is 0 Å². The zero-order chi connectivity index (χ0) is 13.3. The van der Waals surface area contributed by atoms with E-state index in [2.05, 4.69) is 0 Å². The molecule has 0 aliphatic rings. The van der Waals surface area contributed by atoms with Crippen molar-refractivity contribution in [3.8, 4) is 0 Å². The van der Waals surface area contributed by atoms with Gasteiger partial charge < -0.3 is 5.73 Å². The third-order valence-electron chi connectivity index (χ3n) is 2.95. The third-order valence-corrected chi connectivity index (χ3v) is 4.02. The van der Waals surface area contributed by atoms with E-state index >= 15 is 0 Å². The second kappa shape index (κ2) is 5.10. The molecule has 0 bridgehead atoms. The number of hydrogen-bond acceptors (Lipinski definition) is 1. The Morgan fingerprint density at radius 3 is 2.17 bits per heavy atom. The zero-order valence-corrected chi connectivity index (χ0v) is 12.0. The quantitative estimate of drug-likeness (QED) is 0.841. The molecule has 94 valence electrons. The molecule has 1 unspecified atom stereocenters. The lowest BCUT2D eigenvalue weighted by molar-refractivity contribution is 0.603. The summed E-state index contributed by atoms with van der Waals surface area (Å²) in [5.74, 6) is 0. The highest BCUT2D eigenvalue weighted by atomic mass is 35.5. The van der Waals surface area contributed by atoms with Crippen LogP contribution in [0.2, 0.25) is 15.1 Å². The fourth-order valence-electron chi connectivity index (χ4n) is 1.86. The van der Waals surface area contributed by atoms with Gasteiger partial charge in [0.25, 0.3) is 0 Å². The molecule has 2 aromatic carbocycles. The maximum atomic E-state index is 6.39. The summed E-state index contributed by atoms with van der Waals surface area (Å²) < 4.78 is 0. The topological polar surface area (TPSA) is 26.0 Å². The molecule has 0 aromatic heterocycles. The van der Waals surface area contributed by atoms with Crippen molar-refractivity contribution in [3.05, 3.63) is 68.7 Å². The minimum atomic E-state index is -0.716. The molecule has 0 heterocycles. The first-order valence-electron chi connectivity index (χ1n) is 5.42. The van der Waals surface area contributed by atoms with Crippen LogP contribution >= 0.6 is 34.8 Å². The summed E-state index contributed by atoms with van der Waals surface area (Å²) in [7, 11) is 0. The van der Waals surface area contributed by atoms with Crippen molar-refractivity contribution in [1.29, 1.82) is 0 Å². The Bertz CT molecular complexity index is 579. The van der Waals surface area contributed by atoms with Crippen LogP contribution in [0, 0.1) is 0 Å². The van der Waals surface area contributed by atoms with Crippen LogP contribution in [0.1, 0.15) is 18.1 Å². The van der Waals surface area contributed by atoms with Crippen molar-refractivity contribution in [3.63, 3.8) is 0 Å². The van der Waals surface area contributed by atoms with Crippen LogP contribution in [-0.4, -0.2) is 0 Å². The molecule has 0 spiro atoms. The van der Waals surface area contributed by atoms with Crippen LogP contribution in [0.3, 0.4) is 0 Å². The Labute approximate surface area is 121 Å². The Morgan fingerprint density at radius 1 is 0.889 bits per heavy atom. The second-order valence-corrected chi connectivity index (χ2v) is 5.53. The molecule has 2 N–H and O–H groups in total. The van der Waals surface area contributed by atoms with Crippen molar-refractivity contribution in [2.45, 2.75) is 12.5 Å². The fourth-order valence-corrected chi connectivity index (χ4v) is 2.49. The van der Waals surface area contributed by atoms with Gasteiger partial charge in [-0.25, -0.2) is 0 Å². The van der Waals surface area contributed by atoms with E-state index in [1.165, 1.54) is 0 Å². The first kappa shape index (κ1) is 13.7. The van der Waals surface area contributed by atoms with Gasteiger partial charge in [0.15, 0.2) is 0 Å². The summed E-state index contributed by atoms with van der Waals surface area (Å²) in [5.41, 5.74) is 7.39. The molecule has 2 rings (SSSR count). The van der Waals surface area contributed by atoms with E-state index in [4.69, 9.17) is 40.5 Å². The van der Waals surface area contributed by atoms with E-state index in [0.717, 1.165) is 11.1 Å². The van der Waals surface area contributed by atoms with Gasteiger partial charge >= 0.3 is 0 Å². The molecule has 0 amide bonds. The van der Waals surface area contributed by atoms with E-state index < -0.39 is 5.54 Å². The zero-order valence-electron chi connectivity index (χ0n) is 9.75. The highest BCUT2D eigenvalue weighted by Gasteiger charge is 2.26. The Morgan fingerprint density at radius 2 is 1.56 bits per heavy atom. The normalized spacial score (nSPS) is 14.3. The lowest BCUT2D eigenvalue weighted by Gasteiger charge is -2.27. The highest BCUT2D eigenvalue weighted by Crippen LogP contribution is 2.34. The molecule has 0 saturated heterocycles. The van der Waals surface area contributed by atoms with Crippen molar-refractivity contribution in [2.75, 3.05) is 0 Å². The van der Waals surface area contributed by atoms with Gasteiger partial charge in [-0.15, -0.1) is 0 Å². The molecule has 1 nitrogen and oxygen atoms in total. The van der Waals surface area contributed by atoms with Crippen molar-refractivity contribution < 1.29 is 0 Å². The molecule has 2 aromatic rings. The average molecular weight is 301 g/mol. The largest absolute Gasteiger partial charge is 0.318 e. The molecular weight excluding hydrogens is 289 g/mol. The summed E-state index contributed by atoms with van der Waals surface area (Å²) in [5, 5.41) is 1.63. The molecule has 1 atom stereocenters. The smallest absolute Gasteiger partial charge is 0.0652 e. The van der Waals surface area contributed by atoms with Gasteiger partial charge in [0.05, 0.1) is 15.6 Å². The second-order valence-electron chi connectivity index (χ2n) is 4.31. The standard InChI is InChI=1S/C14H12Cl3N/c1-14(18,10-4-2-3-5-11(10)15)9-6-7-12(16)13(17)8-9/h2-8H,18H2,1H3. The average Bonchev–Trinajstić information content (AvgIpc) is 2.33. The number of nitrogens with two attached hydrogens (primary N) is 1. The molecule has 0 fully saturated rings. The number of rotatable bonds is 2. The van der Waals surface area contributed by atoms with Crippen LogP contribution in [0.15, 0.2) is 42.5 Å². The van der Waals surface area contributed by atoms with Crippen LogP contribution in [0.4, 0.5) is 0 Å². The Kier molecular flexibility index (Phi) is 3.88. The van der Waals surface area contributed by atoms with E-state index in [0.29, 0.717) is 15.1 Å². The van der Waals surface area contributed by atoms with Gasteiger partial charge in [-0.3, -0.25) is 0 Å². The monoisotopic (exact) mass is 299 g/mol. The maximum Gasteiger partial charge on any atom is 0.0652 e. The Balaban J connectivity index is 2.54. The van der Waals surface area contributed by atoms with Gasteiger partial charge in [-0.1, -0.05) is 59.1 Å². The van der Waals surface area contributed by atoms with E-state index in [-0.39, 0.29) is 0 Å². The lowest BCUT2D eigenvalue weighted by Crippen LogP contribution is -2.34. The summed E-state index contributed by atoms with van der Waals surface area (Å²) in [6, 6.07) is 12.9. The van der Waals surface area contributed by atoms with Crippen LogP contribution < -0.4 is 5.73 Å². The minimum absolute atomic E-state index is 0.484. The molecule has 4 heteroatoms. The van der Waals surface area contributed by atoms with Gasteiger partial charge in [0, 0.05) is 5.02 Å². The van der Waals surface area contributed by atoms with Crippen LogP contribution in [0.25, 0.3) is 0 Å². The number of halogens is 3. The first-order valence-corrected chi connectivity index (χ1v) is 6.55.